The summed E-state index contributed by atoms with van der Waals surface area (Å²) in [6, 6.07) is 12.4. The molecule has 2 aromatic heterocycles. The van der Waals surface area contributed by atoms with E-state index in [1.165, 1.54) is 10.6 Å². The fourth-order valence-electron chi connectivity index (χ4n) is 4.37. The highest BCUT2D eigenvalue weighted by atomic mass is 19.1. The number of fused-ring (bicyclic) bond motifs is 3. The maximum Gasteiger partial charge on any atom is 0.332 e. The van der Waals surface area contributed by atoms with E-state index in [-0.39, 0.29) is 6.54 Å². The smallest absolute Gasteiger partial charge is 0.310 e. The molecule has 7 nitrogen and oxygen atoms in total. The Morgan fingerprint density at radius 3 is 2.45 bits per heavy atom. The van der Waals surface area contributed by atoms with Crippen LogP contribution in [0.25, 0.3) is 11.2 Å². The van der Waals surface area contributed by atoms with E-state index >= 15 is 0 Å². The molecule has 0 radical (unpaired) electrons. The molecule has 1 aliphatic heterocycles. The van der Waals surface area contributed by atoms with Crippen molar-refractivity contribution in [3.63, 3.8) is 0 Å². The van der Waals surface area contributed by atoms with Crippen LogP contribution in [0.3, 0.4) is 0 Å². The van der Waals surface area contributed by atoms with Gasteiger partial charge < -0.3 is 9.47 Å². The summed E-state index contributed by atoms with van der Waals surface area (Å²) in [7, 11) is 1.59. The standard InChI is InChI=1S/C23H22FN5O2/c1-14-10-15(2)12-17(11-14)27-8-9-28-19-20(25-22(27)28)26(3)23(31)29(21(19)30)13-16-6-4-5-7-18(16)24/h4-7,10-12H,8-9,13H2,1-3H3. The summed E-state index contributed by atoms with van der Waals surface area (Å²) >= 11 is 0. The lowest BCUT2D eigenvalue weighted by Gasteiger charge is -2.17. The monoisotopic (exact) mass is 419 g/mol. The van der Waals surface area contributed by atoms with Gasteiger partial charge in [0.25, 0.3) is 5.56 Å². The first-order valence-corrected chi connectivity index (χ1v) is 10.1. The molecular formula is C23H22FN5O2. The average Bonchev–Trinajstić information content (AvgIpc) is 3.29. The molecule has 1 aliphatic rings. The minimum Gasteiger partial charge on any atom is -0.310 e. The Balaban J connectivity index is 1.69. The third-order valence-corrected chi connectivity index (χ3v) is 5.81. The molecule has 0 N–H and O–H groups in total. The first-order valence-electron chi connectivity index (χ1n) is 10.1. The zero-order valence-electron chi connectivity index (χ0n) is 17.6. The maximum absolute atomic E-state index is 14.2. The van der Waals surface area contributed by atoms with Crippen molar-refractivity contribution >= 4 is 22.8 Å². The highest BCUT2D eigenvalue weighted by Gasteiger charge is 2.29. The molecule has 0 fully saturated rings. The number of aromatic nitrogens is 4. The summed E-state index contributed by atoms with van der Waals surface area (Å²) in [5.41, 5.74) is 3.30. The largest absolute Gasteiger partial charge is 0.332 e. The van der Waals surface area contributed by atoms with Gasteiger partial charge in [0, 0.05) is 31.4 Å². The van der Waals surface area contributed by atoms with Crippen LogP contribution in [0.1, 0.15) is 16.7 Å². The van der Waals surface area contributed by atoms with Gasteiger partial charge in [0.15, 0.2) is 11.2 Å². The third-order valence-electron chi connectivity index (χ3n) is 5.81. The summed E-state index contributed by atoms with van der Waals surface area (Å²) in [5, 5.41) is 0. The number of nitrogens with zero attached hydrogens (tertiary/aromatic N) is 5. The first-order chi connectivity index (χ1) is 14.8. The van der Waals surface area contributed by atoms with Crippen LogP contribution >= 0.6 is 0 Å². The summed E-state index contributed by atoms with van der Waals surface area (Å²) in [4.78, 5) is 33.0. The molecule has 0 aliphatic carbocycles. The number of hydrogen-bond donors (Lipinski definition) is 0. The van der Waals surface area contributed by atoms with E-state index in [1.54, 1.807) is 25.2 Å². The molecule has 0 saturated heterocycles. The van der Waals surface area contributed by atoms with E-state index < -0.39 is 17.1 Å². The molecular weight excluding hydrogens is 397 g/mol. The van der Waals surface area contributed by atoms with Crippen LogP contribution in [0.15, 0.2) is 52.1 Å². The van der Waals surface area contributed by atoms with E-state index in [9.17, 15) is 14.0 Å². The number of aryl methyl sites for hydroxylation is 3. The Labute approximate surface area is 177 Å². The van der Waals surface area contributed by atoms with Crippen LogP contribution in [-0.4, -0.2) is 25.2 Å². The maximum atomic E-state index is 14.2. The number of benzene rings is 2. The number of rotatable bonds is 3. The van der Waals surface area contributed by atoms with Crippen molar-refractivity contribution in [2.24, 2.45) is 7.05 Å². The fourth-order valence-corrected chi connectivity index (χ4v) is 4.37. The van der Waals surface area contributed by atoms with E-state index in [1.807, 2.05) is 18.4 Å². The van der Waals surface area contributed by atoms with Crippen molar-refractivity contribution in [2.75, 3.05) is 11.4 Å². The predicted molar refractivity (Wildman–Crippen MR) is 118 cm³/mol. The van der Waals surface area contributed by atoms with Gasteiger partial charge in [-0.15, -0.1) is 0 Å². The molecule has 8 heteroatoms. The van der Waals surface area contributed by atoms with Crippen LogP contribution < -0.4 is 16.1 Å². The lowest BCUT2D eigenvalue weighted by atomic mass is 10.1. The van der Waals surface area contributed by atoms with Gasteiger partial charge >= 0.3 is 5.69 Å². The van der Waals surface area contributed by atoms with Crippen molar-refractivity contribution in [1.82, 2.24) is 18.7 Å². The van der Waals surface area contributed by atoms with E-state index in [2.05, 4.69) is 28.1 Å². The Bertz CT molecular complexity index is 1440. The lowest BCUT2D eigenvalue weighted by Crippen LogP contribution is -2.40. The zero-order valence-corrected chi connectivity index (χ0v) is 17.6. The second kappa shape index (κ2) is 6.94. The Morgan fingerprint density at radius 2 is 1.74 bits per heavy atom. The quantitative estimate of drug-likeness (QED) is 0.512. The van der Waals surface area contributed by atoms with Gasteiger partial charge in [-0.25, -0.2) is 9.18 Å². The van der Waals surface area contributed by atoms with Crippen molar-refractivity contribution in [3.05, 3.63) is 85.8 Å². The summed E-state index contributed by atoms with van der Waals surface area (Å²) < 4.78 is 18.5. The van der Waals surface area contributed by atoms with Crippen LogP contribution in [0.5, 0.6) is 0 Å². The second-order valence-electron chi connectivity index (χ2n) is 8.06. The Morgan fingerprint density at radius 1 is 1.03 bits per heavy atom. The van der Waals surface area contributed by atoms with Gasteiger partial charge in [0.1, 0.15) is 5.82 Å². The average molecular weight is 419 g/mol. The molecule has 0 unspecified atom stereocenters. The van der Waals surface area contributed by atoms with Crippen molar-refractivity contribution in [3.8, 4) is 0 Å². The third kappa shape index (κ3) is 2.98. The highest BCUT2D eigenvalue weighted by molar-refractivity contribution is 5.78. The summed E-state index contributed by atoms with van der Waals surface area (Å²) in [5.74, 6) is 0.187. The van der Waals surface area contributed by atoms with Crippen molar-refractivity contribution < 1.29 is 4.39 Å². The number of halogens is 1. The van der Waals surface area contributed by atoms with E-state index in [0.29, 0.717) is 35.8 Å². The Hall–Kier alpha value is -3.68. The number of imidazole rings is 1. The minimum absolute atomic E-state index is 0.130. The molecule has 31 heavy (non-hydrogen) atoms. The molecule has 4 aromatic rings. The molecule has 2 aromatic carbocycles. The highest BCUT2D eigenvalue weighted by Crippen LogP contribution is 2.32. The predicted octanol–water partition coefficient (Wildman–Crippen LogP) is 2.85. The molecule has 0 spiro atoms. The SMILES string of the molecule is Cc1cc(C)cc(N2CCn3c2nc2c3c(=O)n(Cc3ccccc3F)c(=O)n2C)c1. The summed E-state index contributed by atoms with van der Waals surface area (Å²) in [6.45, 7) is 5.21. The molecule has 0 saturated carbocycles. The summed E-state index contributed by atoms with van der Waals surface area (Å²) in [6.07, 6.45) is 0. The van der Waals surface area contributed by atoms with Gasteiger partial charge in [0.05, 0.1) is 6.54 Å². The minimum atomic E-state index is -0.518. The Kier molecular flexibility index (Phi) is 4.32. The van der Waals surface area contributed by atoms with Crippen molar-refractivity contribution in [2.45, 2.75) is 26.9 Å². The number of hydrogen-bond acceptors (Lipinski definition) is 4. The van der Waals surface area contributed by atoms with Gasteiger partial charge in [-0.05, 0) is 43.2 Å². The van der Waals surface area contributed by atoms with E-state index in [4.69, 9.17) is 0 Å². The molecule has 5 rings (SSSR count). The molecule has 0 atom stereocenters. The van der Waals surface area contributed by atoms with Gasteiger partial charge in [-0.1, -0.05) is 24.3 Å². The topological polar surface area (TPSA) is 65.1 Å². The molecule has 0 bridgehead atoms. The first kappa shape index (κ1) is 19.3. The molecule has 3 heterocycles. The lowest BCUT2D eigenvalue weighted by molar-refractivity contribution is 0.582. The van der Waals surface area contributed by atoms with Crippen LogP contribution in [-0.2, 0) is 20.1 Å². The van der Waals surface area contributed by atoms with Gasteiger partial charge in [-0.3, -0.25) is 13.9 Å². The second-order valence-corrected chi connectivity index (χ2v) is 8.06. The fraction of sp³-hybridized carbons (Fsp3) is 0.261. The number of anilines is 2. The van der Waals surface area contributed by atoms with Gasteiger partial charge in [0.2, 0.25) is 5.95 Å². The molecule has 158 valence electrons. The zero-order chi connectivity index (χ0) is 21.9. The van der Waals surface area contributed by atoms with E-state index in [0.717, 1.165) is 21.4 Å². The van der Waals surface area contributed by atoms with Crippen LogP contribution in [0.4, 0.5) is 16.0 Å². The normalized spacial score (nSPS) is 13.2. The van der Waals surface area contributed by atoms with Crippen LogP contribution in [0.2, 0.25) is 0 Å². The molecule has 0 amide bonds. The van der Waals surface area contributed by atoms with Crippen molar-refractivity contribution in [1.29, 1.82) is 0 Å². The van der Waals surface area contributed by atoms with Gasteiger partial charge in [-0.2, -0.15) is 4.98 Å². The van der Waals surface area contributed by atoms with Crippen LogP contribution in [0, 0.1) is 19.7 Å².